The summed E-state index contributed by atoms with van der Waals surface area (Å²) in [5.41, 5.74) is 2.23. The van der Waals surface area contributed by atoms with Crippen molar-refractivity contribution < 1.29 is 13.9 Å². The fourth-order valence-electron chi connectivity index (χ4n) is 2.61. The standard InChI is InChI=1S/C20H16N4O3S/c25-19(16-8-6-15(7-9-16)17-10-21-13-26-17)27-18(14-4-2-1-3-5-14)11-28-20-22-12-23-24-20/h1-10,12-13,18H,11H2,(H,22,23,24). The Morgan fingerprint density at radius 2 is 1.96 bits per heavy atom. The second-order valence-corrected chi connectivity index (χ2v) is 6.86. The summed E-state index contributed by atoms with van der Waals surface area (Å²) in [6.07, 6.45) is 4.02. The third-order valence-corrected chi connectivity index (χ3v) is 4.96. The van der Waals surface area contributed by atoms with E-state index in [0.717, 1.165) is 11.1 Å². The van der Waals surface area contributed by atoms with Crippen LogP contribution in [0, 0.1) is 0 Å². The number of H-pyrrole nitrogens is 1. The van der Waals surface area contributed by atoms with Crippen LogP contribution in [0.3, 0.4) is 0 Å². The fourth-order valence-corrected chi connectivity index (χ4v) is 3.42. The number of hydrogen-bond donors (Lipinski definition) is 1. The van der Waals surface area contributed by atoms with Gasteiger partial charge in [-0.1, -0.05) is 54.2 Å². The van der Waals surface area contributed by atoms with Gasteiger partial charge in [0.05, 0.1) is 11.8 Å². The number of hydrogen-bond acceptors (Lipinski definition) is 7. The molecule has 0 bridgehead atoms. The molecule has 4 rings (SSSR count). The van der Waals surface area contributed by atoms with Gasteiger partial charge in [0, 0.05) is 11.3 Å². The molecule has 2 aromatic carbocycles. The van der Waals surface area contributed by atoms with Crippen molar-refractivity contribution >= 4 is 17.7 Å². The second-order valence-electron chi connectivity index (χ2n) is 5.85. The Kier molecular flexibility index (Phi) is 5.48. The first-order chi connectivity index (χ1) is 13.8. The van der Waals surface area contributed by atoms with E-state index < -0.39 is 12.1 Å². The number of carbonyl (C=O) groups excluding carboxylic acids is 1. The van der Waals surface area contributed by atoms with Gasteiger partial charge in [-0.3, -0.25) is 5.10 Å². The number of benzene rings is 2. The molecule has 0 spiro atoms. The SMILES string of the molecule is O=C(OC(CSc1ncn[nH]1)c1ccccc1)c1ccc(-c2cnco2)cc1. The van der Waals surface area contributed by atoms with Crippen LogP contribution in [0.4, 0.5) is 0 Å². The molecule has 0 saturated carbocycles. The summed E-state index contributed by atoms with van der Waals surface area (Å²) in [5.74, 6) is 0.767. The van der Waals surface area contributed by atoms with Crippen molar-refractivity contribution in [3.8, 4) is 11.3 Å². The summed E-state index contributed by atoms with van der Waals surface area (Å²) in [7, 11) is 0. The minimum atomic E-state index is -0.419. The number of oxazole rings is 1. The van der Waals surface area contributed by atoms with Gasteiger partial charge in [0.1, 0.15) is 12.4 Å². The highest BCUT2D eigenvalue weighted by Crippen LogP contribution is 2.27. The second kappa shape index (κ2) is 8.53. The number of carbonyl (C=O) groups is 1. The number of nitrogens with one attached hydrogen (secondary N) is 1. The number of rotatable bonds is 7. The Hall–Kier alpha value is -3.39. The van der Waals surface area contributed by atoms with Crippen molar-refractivity contribution in [2.45, 2.75) is 11.3 Å². The number of esters is 1. The van der Waals surface area contributed by atoms with Gasteiger partial charge in [0.15, 0.2) is 17.3 Å². The van der Waals surface area contributed by atoms with Gasteiger partial charge in [-0.25, -0.2) is 14.8 Å². The number of nitrogens with zero attached hydrogens (tertiary/aromatic N) is 3. The third-order valence-electron chi connectivity index (χ3n) is 4.02. The normalized spacial score (nSPS) is 11.9. The molecule has 1 atom stereocenters. The van der Waals surface area contributed by atoms with Crippen LogP contribution in [0.2, 0.25) is 0 Å². The summed E-state index contributed by atoms with van der Waals surface area (Å²) >= 11 is 1.44. The lowest BCUT2D eigenvalue weighted by Gasteiger charge is -2.17. The molecule has 1 unspecified atom stereocenters. The summed E-state index contributed by atoms with van der Waals surface area (Å²) in [6.45, 7) is 0. The van der Waals surface area contributed by atoms with E-state index in [1.54, 1.807) is 30.5 Å². The van der Waals surface area contributed by atoms with Crippen LogP contribution in [0.5, 0.6) is 0 Å². The van der Waals surface area contributed by atoms with Crippen molar-refractivity contribution in [1.82, 2.24) is 20.2 Å². The first-order valence-corrected chi connectivity index (χ1v) is 9.51. The number of aromatic nitrogens is 4. The molecule has 2 heterocycles. The molecule has 0 aliphatic rings. The average molecular weight is 392 g/mol. The lowest BCUT2D eigenvalue weighted by molar-refractivity contribution is 0.0347. The molecular formula is C20H16N4O3S. The summed E-state index contributed by atoms with van der Waals surface area (Å²) in [6, 6.07) is 16.7. The number of ether oxygens (including phenoxy) is 1. The predicted molar refractivity (Wildman–Crippen MR) is 104 cm³/mol. The van der Waals surface area contributed by atoms with Crippen LogP contribution in [-0.4, -0.2) is 31.9 Å². The van der Waals surface area contributed by atoms with Crippen molar-refractivity contribution in [2.24, 2.45) is 0 Å². The Morgan fingerprint density at radius 1 is 1.14 bits per heavy atom. The summed E-state index contributed by atoms with van der Waals surface area (Å²) < 4.78 is 11.1. The first kappa shape index (κ1) is 18.0. The van der Waals surface area contributed by atoms with Gasteiger partial charge in [0.2, 0.25) is 0 Å². The maximum absolute atomic E-state index is 12.7. The number of aromatic amines is 1. The molecule has 4 aromatic rings. The minimum Gasteiger partial charge on any atom is -0.453 e. The molecule has 0 fully saturated rings. The van der Waals surface area contributed by atoms with E-state index in [1.165, 1.54) is 24.5 Å². The molecule has 0 aliphatic carbocycles. The van der Waals surface area contributed by atoms with Gasteiger partial charge in [-0.15, -0.1) is 0 Å². The minimum absolute atomic E-state index is 0.392. The highest BCUT2D eigenvalue weighted by molar-refractivity contribution is 7.99. The van der Waals surface area contributed by atoms with Gasteiger partial charge in [0.25, 0.3) is 0 Å². The highest BCUT2D eigenvalue weighted by atomic mass is 32.2. The van der Waals surface area contributed by atoms with E-state index in [1.807, 2.05) is 30.3 Å². The summed E-state index contributed by atoms with van der Waals surface area (Å²) in [4.78, 5) is 20.7. The quantitative estimate of drug-likeness (QED) is 0.373. The average Bonchev–Trinajstić information content (AvgIpc) is 3.46. The third kappa shape index (κ3) is 4.29. The van der Waals surface area contributed by atoms with Crippen molar-refractivity contribution in [1.29, 1.82) is 0 Å². The smallest absolute Gasteiger partial charge is 0.338 e. The van der Waals surface area contributed by atoms with Crippen LogP contribution < -0.4 is 0 Å². The van der Waals surface area contributed by atoms with E-state index in [-0.39, 0.29) is 0 Å². The van der Waals surface area contributed by atoms with Crippen LogP contribution in [0.15, 0.2) is 83.1 Å². The van der Waals surface area contributed by atoms with E-state index in [9.17, 15) is 4.79 Å². The Bertz CT molecular complexity index is 1000. The summed E-state index contributed by atoms with van der Waals surface area (Å²) in [5, 5.41) is 7.30. The van der Waals surface area contributed by atoms with Gasteiger partial charge in [-0.2, -0.15) is 5.10 Å². The maximum atomic E-state index is 12.7. The Labute approximate surface area is 165 Å². The molecule has 140 valence electrons. The molecule has 1 N–H and O–H groups in total. The molecule has 28 heavy (non-hydrogen) atoms. The molecule has 0 saturated heterocycles. The molecule has 8 heteroatoms. The van der Waals surface area contributed by atoms with Gasteiger partial charge in [-0.05, 0) is 17.7 Å². The zero-order valence-corrected chi connectivity index (χ0v) is 15.5. The lowest BCUT2D eigenvalue weighted by atomic mass is 10.1. The fraction of sp³-hybridized carbons (Fsp3) is 0.100. The molecule has 2 aromatic heterocycles. The largest absolute Gasteiger partial charge is 0.453 e. The van der Waals surface area contributed by atoms with Crippen LogP contribution >= 0.6 is 11.8 Å². The van der Waals surface area contributed by atoms with E-state index in [0.29, 0.717) is 22.2 Å². The number of thioether (sulfide) groups is 1. The van der Waals surface area contributed by atoms with Crippen LogP contribution in [0.25, 0.3) is 11.3 Å². The van der Waals surface area contributed by atoms with E-state index in [2.05, 4.69) is 20.2 Å². The topological polar surface area (TPSA) is 93.9 Å². The molecule has 0 aliphatic heterocycles. The van der Waals surface area contributed by atoms with E-state index in [4.69, 9.17) is 9.15 Å². The first-order valence-electron chi connectivity index (χ1n) is 8.52. The lowest BCUT2D eigenvalue weighted by Crippen LogP contribution is -2.14. The molecule has 0 radical (unpaired) electrons. The van der Waals surface area contributed by atoms with Crippen LogP contribution in [0.1, 0.15) is 22.0 Å². The van der Waals surface area contributed by atoms with Gasteiger partial charge >= 0.3 is 5.97 Å². The monoisotopic (exact) mass is 392 g/mol. The molecule has 0 amide bonds. The maximum Gasteiger partial charge on any atom is 0.338 e. The zero-order valence-electron chi connectivity index (χ0n) is 14.7. The van der Waals surface area contributed by atoms with Crippen molar-refractivity contribution in [3.63, 3.8) is 0 Å². The Balaban J connectivity index is 1.48. The predicted octanol–water partition coefficient (Wildman–Crippen LogP) is 4.15. The van der Waals surface area contributed by atoms with Crippen molar-refractivity contribution in [2.75, 3.05) is 5.75 Å². The van der Waals surface area contributed by atoms with Crippen molar-refractivity contribution in [3.05, 3.63) is 84.6 Å². The van der Waals surface area contributed by atoms with E-state index >= 15 is 0 Å². The molecule has 7 nitrogen and oxygen atoms in total. The molecular weight excluding hydrogens is 376 g/mol. The zero-order chi connectivity index (χ0) is 19.2. The van der Waals surface area contributed by atoms with Crippen LogP contribution in [-0.2, 0) is 4.74 Å². The Morgan fingerprint density at radius 3 is 2.64 bits per heavy atom. The van der Waals surface area contributed by atoms with Gasteiger partial charge < -0.3 is 9.15 Å². The highest BCUT2D eigenvalue weighted by Gasteiger charge is 2.19.